The number of nitrogens with one attached hydrogen (secondary N) is 1. The van der Waals surface area contributed by atoms with Crippen LogP contribution in [0.25, 0.3) is 17.0 Å². The minimum absolute atomic E-state index is 0.00844. The van der Waals surface area contributed by atoms with Crippen LogP contribution in [-0.2, 0) is 11.8 Å². The van der Waals surface area contributed by atoms with E-state index in [4.69, 9.17) is 61.3 Å². The molecule has 0 amide bonds. The molecule has 1 atom stereocenters. The fourth-order valence-corrected chi connectivity index (χ4v) is 4.53. The summed E-state index contributed by atoms with van der Waals surface area (Å²) in [5.41, 5.74) is 9.58. The lowest BCUT2D eigenvalue weighted by atomic mass is 9.26. The Bertz CT molecular complexity index is 1470. The molecule has 15 heteroatoms. The molecule has 1 aromatic carbocycles. The van der Waals surface area contributed by atoms with Gasteiger partial charge in [-0.1, -0.05) is 11.6 Å². The van der Waals surface area contributed by atoms with Crippen molar-refractivity contribution in [3.63, 3.8) is 0 Å². The number of allylic oxidation sites excluding steroid dienone is 1. The van der Waals surface area contributed by atoms with Crippen LogP contribution in [-0.4, -0.2) is 79.1 Å². The molecule has 4 rings (SSSR count). The Morgan fingerprint density at radius 1 is 1.31 bits per heavy atom. The van der Waals surface area contributed by atoms with E-state index in [2.05, 4.69) is 20.4 Å². The van der Waals surface area contributed by atoms with Crippen LogP contribution < -0.4 is 15.8 Å². The van der Waals surface area contributed by atoms with Crippen molar-refractivity contribution in [1.29, 1.82) is 0 Å². The highest BCUT2D eigenvalue weighted by atomic mass is 35.5. The van der Waals surface area contributed by atoms with Crippen LogP contribution in [0.3, 0.4) is 0 Å². The van der Waals surface area contributed by atoms with Crippen molar-refractivity contribution in [2.75, 3.05) is 19.1 Å². The number of pyridine rings is 1. The predicted molar refractivity (Wildman–Crippen MR) is 155 cm³/mol. The first kappa shape index (κ1) is 28.9. The Balaban J connectivity index is 2.12. The minimum atomic E-state index is -2.13. The lowest BCUT2D eigenvalue weighted by Crippen LogP contribution is -2.49. The number of halogens is 2. The number of fused-ring (bicyclic) bond motifs is 5. The van der Waals surface area contributed by atoms with Crippen molar-refractivity contribution in [3.05, 3.63) is 63.7 Å². The average molecular weight is 534 g/mol. The molecule has 0 aliphatic carbocycles. The highest BCUT2D eigenvalue weighted by Gasteiger charge is 2.37. The van der Waals surface area contributed by atoms with Crippen LogP contribution in [0, 0.1) is 5.82 Å². The summed E-state index contributed by atoms with van der Waals surface area (Å²) in [4.78, 5) is 8.55. The van der Waals surface area contributed by atoms with Gasteiger partial charge in [0, 0.05) is 53.8 Å². The summed E-state index contributed by atoms with van der Waals surface area (Å²) in [7, 11) is 32.0. The van der Waals surface area contributed by atoms with Crippen LogP contribution >= 0.6 is 11.6 Å². The van der Waals surface area contributed by atoms with E-state index in [0.717, 1.165) is 4.68 Å². The number of hydrogen-bond acceptors (Lipinski definition) is 7. The zero-order valence-electron chi connectivity index (χ0n) is 21.3. The highest BCUT2D eigenvalue weighted by Crippen LogP contribution is 2.42. The molecule has 2 bridgehead atoms. The largest absolute Gasteiger partial charge is 0.482 e. The van der Waals surface area contributed by atoms with Crippen molar-refractivity contribution in [3.8, 4) is 17.0 Å². The normalized spacial score (nSPS) is 18.0. The van der Waals surface area contributed by atoms with E-state index in [1.54, 1.807) is 32.3 Å². The molecule has 1 aliphatic heterocycles. The molecule has 0 unspecified atom stereocenters. The van der Waals surface area contributed by atoms with Crippen LogP contribution in [0.15, 0.2) is 41.0 Å². The van der Waals surface area contributed by atoms with Gasteiger partial charge in [0.1, 0.15) is 18.7 Å². The third kappa shape index (κ3) is 5.36. The Hall–Kier alpha value is -3.11. The summed E-state index contributed by atoms with van der Waals surface area (Å²) in [6, 6.07) is 5.80. The van der Waals surface area contributed by atoms with Gasteiger partial charge in [0.15, 0.2) is 16.7 Å². The summed E-state index contributed by atoms with van der Waals surface area (Å²) in [6.07, 6.45) is 2.40. The first-order valence-corrected chi connectivity index (χ1v) is 12.1. The maximum atomic E-state index is 14.4. The molecule has 3 aromatic rings. The van der Waals surface area contributed by atoms with Gasteiger partial charge in [-0.15, -0.1) is 5.11 Å². The molecule has 188 valence electrons. The monoisotopic (exact) mass is 534 g/mol. The Kier molecular flexibility index (Phi) is 8.01. The van der Waals surface area contributed by atoms with Gasteiger partial charge in [0.2, 0.25) is 0 Å². The molecule has 0 saturated carbocycles. The van der Waals surface area contributed by atoms with Crippen molar-refractivity contribution in [2.24, 2.45) is 10.7 Å². The molecule has 39 heavy (non-hydrogen) atoms. The molecular formula is C24H21B5ClFN6O2. The van der Waals surface area contributed by atoms with Crippen molar-refractivity contribution in [2.45, 2.75) is 29.9 Å². The zero-order chi connectivity index (χ0) is 28.7. The molecule has 0 spiro atoms. The van der Waals surface area contributed by atoms with Crippen LogP contribution in [0.4, 0.5) is 10.2 Å². The first-order valence-electron chi connectivity index (χ1n) is 11.7. The predicted octanol–water partition coefficient (Wildman–Crippen LogP) is 1.69. The fraction of sp³-hybridized carbons (Fsp3) is 0.292. The third-order valence-corrected chi connectivity index (χ3v) is 6.70. The van der Waals surface area contributed by atoms with Gasteiger partial charge in [-0.25, -0.2) is 9.37 Å². The molecule has 10 radical (unpaired) electrons. The summed E-state index contributed by atoms with van der Waals surface area (Å²) >= 11 is 6.64. The molecule has 8 nitrogen and oxygen atoms in total. The summed E-state index contributed by atoms with van der Waals surface area (Å²) < 4.78 is 21.8. The smallest absolute Gasteiger partial charge is 0.170 e. The van der Waals surface area contributed by atoms with E-state index in [-0.39, 0.29) is 28.8 Å². The molecule has 0 fully saturated rings. The Morgan fingerprint density at radius 2 is 2.03 bits per heavy atom. The average Bonchev–Trinajstić information content (AvgIpc) is 3.19. The molecular weight excluding hydrogens is 513 g/mol. The van der Waals surface area contributed by atoms with Gasteiger partial charge in [-0.2, -0.15) is 5.10 Å². The Labute approximate surface area is 237 Å². The van der Waals surface area contributed by atoms with Gasteiger partial charge < -0.3 is 20.9 Å². The number of ether oxygens (including phenoxy) is 1. The van der Waals surface area contributed by atoms with Crippen LogP contribution in [0.2, 0.25) is 10.3 Å². The SMILES string of the molecule is [B]C([B])([B])C([B])([B])n1nc(Cl)c2c1-c1cnc(NCO)c(c1)O[C@H](C)c1cc(F)ccc1/C(N)=C(/C=NC)C2. The molecule has 1 aliphatic rings. The van der Waals surface area contributed by atoms with E-state index < -0.39 is 29.1 Å². The van der Waals surface area contributed by atoms with Gasteiger partial charge in [-0.3, -0.25) is 9.67 Å². The third-order valence-electron chi connectivity index (χ3n) is 6.39. The zero-order valence-corrected chi connectivity index (χ0v) is 22.1. The number of aliphatic hydroxyl groups excluding tert-OH is 1. The quantitative estimate of drug-likeness (QED) is 0.261. The van der Waals surface area contributed by atoms with E-state index in [1.807, 2.05) is 0 Å². The van der Waals surface area contributed by atoms with Crippen LogP contribution in [0.1, 0.15) is 29.7 Å². The Morgan fingerprint density at radius 3 is 2.67 bits per heavy atom. The van der Waals surface area contributed by atoms with Gasteiger partial charge >= 0.3 is 0 Å². The number of aliphatic imine (C=N–C) groups is 1. The van der Waals surface area contributed by atoms with E-state index in [0.29, 0.717) is 33.5 Å². The first-order chi connectivity index (χ1) is 18.3. The molecule has 0 saturated heterocycles. The minimum Gasteiger partial charge on any atom is -0.482 e. The number of benzene rings is 1. The second-order valence-corrected chi connectivity index (χ2v) is 9.55. The lowest BCUT2D eigenvalue weighted by molar-refractivity contribution is 0.225. The molecule has 3 heterocycles. The number of aliphatic hydroxyl groups is 1. The van der Waals surface area contributed by atoms with Crippen molar-refractivity contribution < 1.29 is 14.2 Å². The molecule has 2 aromatic heterocycles. The second kappa shape index (κ2) is 10.8. The van der Waals surface area contributed by atoms with Gasteiger partial charge in [-0.05, 0) is 42.1 Å². The van der Waals surface area contributed by atoms with E-state index >= 15 is 0 Å². The standard InChI is InChI=1S/C24H21B5ClFN6O2/c1-11-16-7-14(31)3-4-15(16)19(32)12(8-33-2)5-17-20(13-6-18(39-11)22(34-9-13)35-10-38)37(36-21(17)30)24(28,29)23(25,26)27/h3-4,6-9,11,38H,5,10,32H2,1-2H3,(H,34,35)/b19-12-,33-8?/t11-/m1/s1. The number of nitrogens with zero attached hydrogens (tertiary/aromatic N) is 4. The van der Waals surface area contributed by atoms with E-state index in [9.17, 15) is 9.50 Å². The number of hydrogen-bond donors (Lipinski definition) is 3. The fourth-order valence-electron chi connectivity index (χ4n) is 4.30. The number of rotatable bonds is 5. The van der Waals surface area contributed by atoms with Crippen molar-refractivity contribution >= 4 is 68.6 Å². The van der Waals surface area contributed by atoms with Crippen molar-refractivity contribution in [1.82, 2.24) is 14.8 Å². The summed E-state index contributed by atoms with van der Waals surface area (Å²) in [5.74, 6) is -0.0588. The number of nitrogens with two attached hydrogens (primary N) is 1. The molecule has 4 N–H and O–H groups in total. The number of anilines is 1. The summed E-state index contributed by atoms with van der Waals surface area (Å²) in [5, 5.41) is 12.3. The second-order valence-electron chi connectivity index (χ2n) is 9.19. The lowest BCUT2D eigenvalue weighted by Gasteiger charge is -2.43. The number of aromatic nitrogens is 3. The maximum Gasteiger partial charge on any atom is 0.170 e. The highest BCUT2D eigenvalue weighted by molar-refractivity contribution is 6.66. The van der Waals surface area contributed by atoms with Gasteiger partial charge in [0.25, 0.3) is 0 Å². The van der Waals surface area contributed by atoms with Gasteiger partial charge in [0.05, 0.1) is 44.9 Å². The maximum absolute atomic E-state index is 14.4. The topological polar surface area (TPSA) is 111 Å². The van der Waals surface area contributed by atoms with E-state index in [1.165, 1.54) is 18.3 Å². The van der Waals surface area contributed by atoms with Crippen LogP contribution in [0.5, 0.6) is 5.75 Å². The summed E-state index contributed by atoms with van der Waals surface area (Å²) in [6.45, 7) is 1.29.